The van der Waals surface area contributed by atoms with Gasteiger partial charge in [0.05, 0.1) is 19.6 Å². The van der Waals surface area contributed by atoms with Gasteiger partial charge in [-0.25, -0.2) is 4.39 Å². The molecule has 2 heterocycles. The monoisotopic (exact) mass is 414 g/mol. The summed E-state index contributed by atoms with van der Waals surface area (Å²) in [5, 5.41) is 2.82. The minimum Gasteiger partial charge on any atom is -0.497 e. The minimum absolute atomic E-state index is 0.0442. The molecule has 0 spiro atoms. The summed E-state index contributed by atoms with van der Waals surface area (Å²) in [4.78, 5) is 33.1. The first-order valence-electron chi connectivity index (χ1n) is 10.0. The highest BCUT2D eigenvalue weighted by Gasteiger charge is 2.33. The molecule has 0 unspecified atom stereocenters. The molecule has 1 aliphatic heterocycles. The van der Waals surface area contributed by atoms with E-state index in [9.17, 15) is 14.0 Å². The van der Waals surface area contributed by atoms with Gasteiger partial charge in [0.1, 0.15) is 11.6 Å². The molecule has 8 heteroatoms. The van der Waals surface area contributed by atoms with Gasteiger partial charge >= 0.3 is 0 Å². The third-order valence-electron chi connectivity index (χ3n) is 5.30. The van der Waals surface area contributed by atoms with Crippen LogP contribution in [0.15, 0.2) is 42.7 Å². The van der Waals surface area contributed by atoms with E-state index in [1.807, 2.05) is 24.0 Å². The van der Waals surface area contributed by atoms with E-state index in [1.165, 1.54) is 13.2 Å². The van der Waals surface area contributed by atoms with Gasteiger partial charge in [-0.3, -0.25) is 19.5 Å². The van der Waals surface area contributed by atoms with Crippen LogP contribution in [-0.2, 0) is 22.7 Å². The van der Waals surface area contributed by atoms with E-state index in [0.717, 1.165) is 5.56 Å². The zero-order chi connectivity index (χ0) is 21.5. The smallest absolute Gasteiger partial charge is 0.237 e. The molecule has 2 aromatic rings. The molecule has 1 aromatic carbocycles. The number of carbonyl (C=O) groups is 2. The Bertz CT molecular complexity index is 878. The molecule has 1 fully saturated rings. The topological polar surface area (TPSA) is 74.8 Å². The van der Waals surface area contributed by atoms with Gasteiger partial charge in [-0.05, 0) is 30.7 Å². The Morgan fingerprint density at radius 2 is 2.10 bits per heavy atom. The van der Waals surface area contributed by atoms with Crippen LogP contribution in [0.5, 0.6) is 5.75 Å². The van der Waals surface area contributed by atoms with Crippen LogP contribution >= 0.6 is 0 Å². The number of methoxy groups -OCH3 is 1. The van der Waals surface area contributed by atoms with Crippen LogP contribution in [-0.4, -0.2) is 59.4 Å². The number of amides is 2. The molecule has 1 saturated heterocycles. The van der Waals surface area contributed by atoms with Crippen molar-refractivity contribution in [1.82, 2.24) is 20.1 Å². The molecule has 0 radical (unpaired) electrons. The average molecular weight is 414 g/mol. The number of ether oxygens (including phenoxy) is 1. The van der Waals surface area contributed by atoms with E-state index in [-0.39, 0.29) is 24.8 Å². The summed E-state index contributed by atoms with van der Waals surface area (Å²) in [6.07, 6.45) is 3.42. The van der Waals surface area contributed by atoms with Crippen molar-refractivity contribution in [2.45, 2.75) is 32.5 Å². The second kappa shape index (κ2) is 10.2. The highest BCUT2D eigenvalue weighted by molar-refractivity contribution is 5.88. The zero-order valence-electron chi connectivity index (χ0n) is 17.3. The number of hydrogen-bond donors (Lipinski definition) is 1. The van der Waals surface area contributed by atoms with E-state index >= 15 is 0 Å². The molecule has 0 saturated carbocycles. The Labute approximate surface area is 175 Å². The lowest BCUT2D eigenvalue weighted by Crippen LogP contribution is -2.56. The first-order valence-corrected chi connectivity index (χ1v) is 10.0. The molecule has 30 heavy (non-hydrogen) atoms. The second-order valence-corrected chi connectivity index (χ2v) is 7.20. The van der Waals surface area contributed by atoms with Crippen molar-refractivity contribution in [3.8, 4) is 5.75 Å². The summed E-state index contributed by atoms with van der Waals surface area (Å²) in [6.45, 7) is 4.16. The molecule has 0 bridgehead atoms. The number of nitrogens with one attached hydrogen (secondary N) is 1. The van der Waals surface area contributed by atoms with E-state index in [2.05, 4.69) is 10.3 Å². The van der Waals surface area contributed by atoms with Crippen LogP contribution in [0.25, 0.3) is 0 Å². The number of nitrogens with zero attached hydrogens (tertiary/aromatic N) is 3. The van der Waals surface area contributed by atoms with Crippen molar-refractivity contribution in [3.05, 3.63) is 59.7 Å². The fourth-order valence-corrected chi connectivity index (χ4v) is 3.55. The number of benzene rings is 1. The van der Waals surface area contributed by atoms with Crippen molar-refractivity contribution in [3.63, 3.8) is 0 Å². The Balaban J connectivity index is 1.71. The molecular weight excluding hydrogens is 387 g/mol. The largest absolute Gasteiger partial charge is 0.497 e. The Morgan fingerprint density at radius 3 is 2.77 bits per heavy atom. The van der Waals surface area contributed by atoms with Gasteiger partial charge in [-0.2, -0.15) is 0 Å². The van der Waals surface area contributed by atoms with Crippen molar-refractivity contribution >= 4 is 11.8 Å². The lowest BCUT2D eigenvalue weighted by molar-refractivity contribution is -0.139. The summed E-state index contributed by atoms with van der Waals surface area (Å²) in [5.41, 5.74) is 1.44. The third-order valence-corrected chi connectivity index (χ3v) is 5.30. The normalized spacial score (nSPS) is 16.8. The van der Waals surface area contributed by atoms with E-state index in [4.69, 9.17) is 4.74 Å². The summed E-state index contributed by atoms with van der Waals surface area (Å²) >= 11 is 0. The van der Waals surface area contributed by atoms with Crippen LogP contribution in [0.1, 0.15) is 24.5 Å². The molecule has 3 rings (SSSR count). The minimum atomic E-state index is -0.640. The summed E-state index contributed by atoms with van der Waals surface area (Å²) in [5.74, 6) is -0.271. The number of rotatable bonds is 8. The molecule has 2 amide bonds. The molecule has 7 nitrogen and oxygen atoms in total. The maximum atomic E-state index is 14.4. The molecule has 1 atom stereocenters. The quantitative estimate of drug-likeness (QED) is 0.715. The average Bonchev–Trinajstić information content (AvgIpc) is 2.76. The van der Waals surface area contributed by atoms with Crippen LogP contribution in [0.2, 0.25) is 0 Å². The van der Waals surface area contributed by atoms with Crippen molar-refractivity contribution in [2.24, 2.45) is 0 Å². The summed E-state index contributed by atoms with van der Waals surface area (Å²) < 4.78 is 19.5. The molecule has 1 aromatic heterocycles. The first-order chi connectivity index (χ1) is 14.5. The van der Waals surface area contributed by atoms with Crippen LogP contribution in [0.4, 0.5) is 4.39 Å². The van der Waals surface area contributed by atoms with E-state index < -0.39 is 11.9 Å². The molecule has 1 aliphatic rings. The van der Waals surface area contributed by atoms with Gasteiger partial charge in [-0.1, -0.05) is 6.07 Å². The molecule has 160 valence electrons. The lowest BCUT2D eigenvalue weighted by Gasteiger charge is -2.35. The van der Waals surface area contributed by atoms with Gasteiger partial charge in [0.25, 0.3) is 0 Å². The highest BCUT2D eigenvalue weighted by atomic mass is 19.1. The molecule has 1 N–H and O–H groups in total. The summed E-state index contributed by atoms with van der Waals surface area (Å²) in [6, 6.07) is 7.76. The predicted octanol–water partition coefficient (Wildman–Crippen LogP) is 1.97. The van der Waals surface area contributed by atoms with Gasteiger partial charge < -0.3 is 15.0 Å². The number of pyridine rings is 1. The fourth-order valence-electron chi connectivity index (χ4n) is 3.55. The summed E-state index contributed by atoms with van der Waals surface area (Å²) in [7, 11) is 1.48. The maximum Gasteiger partial charge on any atom is 0.237 e. The predicted molar refractivity (Wildman–Crippen MR) is 110 cm³/mol. The van der Waals surface area contributed by atoms with Gasteiger partial charge in [0, 0.05) is 56.7 Å². The lowest BCUT2D eigenvalue weighted by atomic mass is 10.1. The number of hydrogen-bond acceptors (Lipinski definition) is 5. The molecule has 0 aliphatic carbocycles. The number of piperazine rings is 1. The standard InChI is InChI=1S/C22H27FN4O3/c1-3-26(14-16-6-8-24-9-7-16)21(28)13-20-22(29)25-10-11-27(20)15-17-4-5-18(30-2)12-19(17)23/h4-9,12,20H,3,10-11,13-15H2,1-2H3,(H,25,29)/t20-/m1/s1. The zero-order valence-corrected chi connectivity index (χ0v) is 17.3. The van der Waals surface area contributed by atoms with Crippen LogP contribution in [0.3, 0.4) is 0 Å². The SMILES string of the molecule is CCN(Cc1ccncc1)C(=O)C[C@@H]1C(=O)NCCN1Cc1ccc(OC)cc1F. The second-order valence-electron chi connectivity index (χ2n) is 7.20. The Hall–Kier alpha value is -3.00. The van der Waals surface area contributed by atoms with Crippen molar-refractivity contribution in [1.29, 1.82) is 0 Å². The van der Waals surface area contributed by atoms with Crippen molar-refractivity contribution in [2.75, 3.05) is 26.7 Å². The highest BCUT2D eigenvalue weighted by Crippen LogP contribution is 2.21. The van der Waals surface area contributed by atoms with Gasteiger partial charge in [0.15, 0.2) is 0 Å². The number of carbonyl (C=O) groups excluding carboxylic acids is 2. The maximum absolute atomic E-state index is 14.4. The van der Waals surface area contributed by atoms with E-state index in [0.29, 0.717) is 37.5 Å². The molecular formula is C22H27FN4O3. The van der Waals surface area contributed by atoms with Crippen LogP contribution in [0, 0.1) is 5.82 Å². The van der Waals surface area contributed by atoms with Gasteiger partial charge in [0.2, 0.25) is 11.8 Å². The van der Waals surface area contributed by atoms with E-state index in [1.54, 1.807) is 29.4 Å². The Morgan fingerprint density at radius 1 is 1.33 bits per heavy atom. The third kappa shape index (κ3) is 5.33. The fraction of sp³-hybridized carbons (Fsp3) is 0.409. The van der Waals surface area contributed by atoms with Gasteiger partial charge in [-0.15, -0.1) is 0 Å². The Kier molecular flexibility index (Phi) is 7.35. The number of halogens is 1. The van der Waals surface area contributed by atoms with Crippen molar-refractivity contribution < 1.29 is 18.7 Å². The van der Waals surface area contributed by atoms with Crippen LogP contribution < -0.4 is 10.1 Å². The number of aromatic nitrogens is 1. The first kappa shape index (κ1) is 21.7.